The Balaban J connectivity index is -0.0000000787. The number of carboxylic acids is 2. The number of aliphatic carboxylic acids is 2. The molecule has 0 aliphatic carbocycles. The van der Waals surface area contributed by atoms with Gasteiger partial charge in [0.1, 0.15) is 0 Å². The van der Waals surface area contributed by atoms with Gasteiger partial charge in [0.2, 0.25) is 0 Å². The summed E-state index contributed by atoms with van der Waals surface area (Å²) >= 11 is 0.300. The average Bonchev–Trinajstić information content (AvgIpc) is 1.66. The van der Waals surface area contributed by atoms with Crippen molar-refractivity contribution in [2.75, 3.05) is 0 Å². The fourth-order valence-corrected chi connectivity index (χ4v) is 0. The van der Waals surface area contributed by atoms with Crippen LogP contribution in [0.4, 0.5) is 0 Å². The molecule has 0 fully saturated rings. The quantitative estimate of drug-likeness (QED) is 0.450. The first-order chi connectivity index (χ1) is 4.46. The van der Waals surface area contributed by atoms with Crippen LogP contribution in [0.2, 0.25) is 0 Å². The zero-order valence-electron chi connectivity index (χ0n) is 5.54. The van der Waals surface area contributed by atoms with Crippen LogP contribution in [0.3, 0.4) is 0 Å². The fourth-order valence-electron chi connectivity index (χ4n) is 0. The van der Waals surface area contributed by atoms with Crippen LogP contribution < -0.4 is 10.2 Å². The molecule has 0 saturated heterocycles. The molecular formula is C4H6O5Zr. The molecule has 0 aromatic rings. The van der Waals surface area contributed by atoms with Crippen molar-refractivity contribution in [3.05, 3.63) is 0 Å². The molecule has 0 aromatic heterocycles. The predicted molar refractivity (Wildman–Crippen MR) is 22.0 cm³/mol. The standard InChI is InChI=1S/2C2H4O2.O.Zr/c2*1-2(3)4;;/h2*1H3,(H,3,4);;/q;;;+2/p-2. The van der Waals surface area contributed by atoms with Gasteiger partial charge in [0, 0.05) is 11.9 Å². The molecule has 0 N–H and O–H groups in total. The second-order valence-corrected chi connectivity index (χ2v) is 0.983. The van der Waals surface area contributed by atoms with Gasteiger partial charge < -0.3 is 19.8 Å². The summed E-state index contributed by atoms with van der Waals surface area (Å²) in [6, 6.07) is 0. The third-order valence-corrected chi connectivity index (χ3v) is 0. The first kappa shape index (κ1) is 16.3. The molecule has 0 aliphatic heterocycles. The van der Waals surface area contributed by atoms with Gasteiger partial charge in [-0.2, -0.15) is 0 Å². The zero-order chi connectivity index (χ0) is 9.15. The van der Waals surface area contributed by atoms with E-state index < -0.39 is 11.9 Å². The Morgan fingerprint density at radius 3 is 1.00 bits per heavy atom. The topological polar surface area (TPSA) is 97.3 Å². The molecule has 0 rings (SSSR count). The summed E-state index contributed by atoms with van der Waals surface area (Å²) in [7, 11) is 0. The Labute approximate surface area is 73.3 Å². The van der Waals surface area contributed by atoms with Gasteiger partial charge in [-0.3, -0.25) is 0 Å². The van der Waals surface area contributed by atoms with E-state index in [0.717, 1.165) is 13.8 Å². The summed E-state index contributed by atoms with van der Waals surface area (Å²) in [5.74, 6) is -2.17. The van der Waals surface area contributed by atoms with Gasteiger partial charge in [-0.1, -0.05) is 0 Å². The zero-order valence-corrected chi connectivity index (χ0v) is 8.00. The summed E-state index contributed by atoms with van der Waals surface area (Å²) in [6.45, 7) is 1.94. The van der Waals surface area contributed by atoms with E-state index in [0.29, 0.717) is 24.7 Å². The molecule has 0 aromatic carbocycles. The summed E-state index contributed by atoms with van der Waals surface area (Å²) in [4.78, 5) is 17.8. The van der Waals surface area contributed by atoms with Gasteiger partial charge in [0.05, 0.1) is 0 Å². The van der Waals surface area contributed by atoms with E-state index >= 15 is 0 Å². The SMILES string of the molecule is CC(=O)[O-].CC(=O)[O-].[O]=[Zr+2]. The van der Waals surface area contributed by atoms with E-state index in [9.17, 15) is 0 Å². The maximum absolute atomic E-state index is 8.89. The molecule has 6 heteroatoms. The Bertz CT molecular complexity index is 81.8. The van der Waals surface area contributed by atoms with E-state index in [4.69, 9.17) is 22.6 Å². The summed E-state index contributed by atoms with van der Waals surface area (Å²) in [5, 5.41) is 17.8. The van der Waals surface area contributed by atoms with Crippen LogP contribution in [0.25, 0.3) is 0 Å². The second kappa shape index (κ2) is 15.8. The fraction of sp³-hybridized carbons (Fsp3) is 0.500. The van der Waals surface area contributed by atoms with Crippen LogP contribution in [0.1, 0.15) is 13.8 Å². The number of hydrogen-bond acceptors (Lipinski definition) is 5. The van der Waals surface area contributed by atoms with E-state index in [-0.39, 0.29) is 0 Å². The molecule has 5 nitrogen and oxygen atoms in total. The van der Waals surface area contributed by atoms with Crippen LogP contribution in [0, 0.1) is 0 Å². The first-order valence-electron chi connectivity index (χ1n) is 2.02. The van der Waals surface area contributed by atoms with Crippen LogP contribution in [0.15, 0.2) is 0 Å². The number of carbonyl (C=O) groups excluding carboxylic acids is 2. The Kier molecular flexibility index (Phi) is 25.9. The molecule has 0 aliphatic rings. The Morgan fingerprint density at radius 2 is 1.00 bits per heavy atom. The first-order valence-corrected chi connectivity index (χ1v) is 3.02. The van der Waals surface area contributed by atoms with E-state index in [1.165, 1.54) is 0 Å². The second-order valence-electron chi connectivity index (χ2n) is 0.983. The third kappa shape index (κ3) is 2350. The number of carbonyl (C=O) groups is 2. The molecular weight excluding hydrogens is 219 g/mol. The third-order valence-electron chi connectivity index (χ3n) is 0. The molecule has 0 saturated carbocycles. The van der Waals surface area contributed by atoms with E-state index in [2.05, 4.69) is 0 Å². The van der Waals surface area contributed by atoms with Crippen molar-refractivity contribution in [3.8, 4) is 0 Å². The van der Waals surface area contributed by atoms with Crippen molar-refractivity contribution < 1.29 is 47.3 Å². The summed E-state index contributed by atoms with van der Waals surface area (Å²) < 4.78 is 8.34. The monoisotopic (exact) mass is 224 g/mol. The molecule has 0 spiro atoms. The average molecular weight is 225 g/mol. The van der Waals surface area contributed by atoms with Gasteiger partial charge >= 0.3 is 27.5 Å². The number of rotatable bonds is 0. The van der Waals surface area contributed by atoms with Gasteiger partial charge in [-0.25, -0.2) is 0 Å². The molecule has 0 unspecified atom stereocenters. The van der Waals surface area contributed by atoms with Crippen molar-refractivity contribution in [2.45, 2.75) is 13.8 Å². The Morgan fingerprint density at radius 1 is 1.00 bits per heavy atom. The van der Waals surface area contributed by atoms with Crippen LogP contribution in [-0.4, -0.2) is 11.9 Å². The minimum atomic E-state index is -1.08. The van der Waals surface area contributed by atoms with Gasteiger partial charge in [0.25, 0.3) is 0 Å². The normalized spacial score (nSPS) is 5.60. The molecule has 0 radical (unpaired) electrons. The number of hydrogen-bond donors (Lipinski definition) is 0. The van der Waals surface area contributed by atoms with Crippen molar-refractivity contribution >= 4 is 11.9 Å². The molecule has 0 heterocycles. The maximum atomic E-state index is 8.89. The van der Waals surface area contributed by atoms with Crippen LogP contribution in [-0.2, 0) is 37.1 Å². The summed E-state index contributed by atoms with van der Waals surface area (Å²) in [6.07, 6.45) is 0. The molecule has 56 valence electrons. The van der Waals surface area contributed by atoms with Gasteiger partial charge in [-0.05, 0) is 13.8 Å². The van der Waals surface area contributed by atoms with Crippen LogP contribution >= 0.6 is 0 Å². The van der Waals surface area contributed by atoms with Crippen LogP contribution in [0.5, 0.6) is 0 Å². The van der Waals surface area contributed by atoms with Gasteiger partial charge in [0.15, 0.2) is 0 Å². The predicted octanol–water partition coefficient (Wildman–Crippen LogP) is -2.61. The van der Waals surface area contributed by atoms with Crippen molar-refractivity contribution in [3.63, 3.8) is 0 Å². The van der Waals surface area contributed by atoms with Crippen molar-refractivity contribution in [1.82, 2.24) is 0 Å². The van der Waals surface area contributed by atoms with E-state index in [1.807, 2.05) is 0 Å². The molecule has 0 atom stereocenters. The molecule has 10 heavy (non-hydrogen) atoms. The molecule has 0 bridgehead atoms. The number of carboxylic acid groups (broad SMARTS) is 2. The minimum absolute atomic E-state index is 0.300. The van der Waals surface area contributed by atoms with Gasteiger partial charge in [-0.15, -0.1) is 0 Å². The van der Waals surface area contributed by atoms with Crippen molar-refractivity contribution in [1.29, 1.82) is 0 Å². The Hall–Kier alpha value is -0.377. The van der Waals surface area contributed by atoms with E-state index in [1.54, 1.807) is 0 Å². The molecule has 0 amide bonds. The van der Waals surface area contributed by atoms with Crippen molar-refractivity contribution in [2.24, 2.45) is 0 Å². The summed E-state index contributed by atoms with van der Waals surface area (Å²) in [5.41, 5.74) is 0.